The van der Waals surface area contributed by atoms with Crippen molar-refractivity contribution < 1.29 is 23.9 Å². The zero-order chi connectivity index (χ0) is 22.6. The predicted octanol–water partition coefficient (Wildman–Crippen LogP) is 4.13. The molecule has 168 valence electrons. The van der Waals surface area contributed by atoms with E-state index in [1.165, 1.54) is 12.1 Å². The molecule has 0 saturated heterocycles. The fraction of sp³-hybridized carbons (Fsp3) is 0.417. The minimum atomic E-state index is -0.372. The van der Waals surface area contributed by atoms with Crippen molar-refractivity contribution in [1.82, 2.24) is 10.4 Å². The number of rotatable bonds is 12. The van der Waals surface area contributed by atoms with Gasteiger partial charge in [-0.25, -0.2) is 9.87 Å². The van der Waals surface area contributed by atoms with E-state index >= 15 is 0 Å². The van der Waals surface area contributed by atoms with E-state index in [2.05, 4.69) is 0 Å². The van der Waals surface area contributed by atoms with E-state index in [9.17, 15) is 14.0 Å². The highest BCUT2D eigenvalue weighted by Gasteiger charge is 2.16. The Kier molecular flexibility index (Phi) is 10.1. The van der Waals surface area contributed by atoms with E-state index in [4.69, 9.17) is 9.94 Å². The van der Waals surface area contributed by atoms with Crippen molar-refractivity contribution in [3.63, 3.8) is 0 Å². The van der Waals surface area contributed by atoms with Crippen LogP contribution in [0.15, 0.2) is 48.5 Å². The van der Waals surface area contributed by atoms with E-state index < -0.39 is 0 Å². The first-order chi connectivity index (χ1) is 15.0. The Hall–Kier alpha value is -2.77. The van der Waals surface area contributed by atoms with E-state index in [0.717, 1.165) is 30.4 Å². The number of hydrogen-bond acceptors (Lipinski definition) is 4. The summed E-state index contributed by atoms with van der Waals surface area (Å²) in [5.74, 6) is -0.737. The third-order valence-corrected chi connectivity index (χ3v) is 5.28. The Morgan fingerprint density at radius 1 is 1.00 bits per heavy atom. The molecule has 0 saturated carbocycles. The van der Waals surface area contributed by atoms with Crippen LogP contribution in [0.1, 0.15) is 59.5 Å². The number of amides is 2. The van der Waals surface area contributed by atoms with Crippen molar-refractivity contribution in [2.75, 3.05) is 27.3 Å². The van der Waals surface area contributed by atoms with E-state index in [1.807, 2.05) is 24.3 Å². The SMILES string of the molecule is COCC(c1ccc(F)cc1)c1ccc(C(=O)N(C)CCCCCCC(=O)NO)cc1. The molecule has 0 aromatic heterocycles. The Bertz CT molecular complexity index is 824. The fourth-order valence-corrected chi connectivity index (χ4v) is 3.47. The topological polar surface area (TPSA) is 78.9 Å². The van der Waals surface area contributed by atoms with Gasteiger partial charge in [-0.1, -0.05) is 37.1 Å². The average Bonchev–Trinajstić information content (AvgIpc) is 2.79. The van der Waals surface area contributed by atoms with Crippen LogP contribution in [0.25, 0.3) is 0 Å². The van der Waals surface area contributed by atoms with Crippen molar-refractivity contribution in [2.45, 2.75) is 38.0 Å². The van der Waals surface area contributed by atoms with Crippen LogP contribution in [0.3, 0.4) is 0 Å². The van der Waals surface area contributed by atoms with Crippen molar-refractivity contribution in [2.24, 2.45) is 0 Å². The maximum atomic E-state index is 13.3. The average molecular weight is 431 g/mol. The Morgan fingerprint density at radius 3 is 2.16 bits per heavy atom. The summed E-state index contributed by atoms with van der Waals surface area (Å²) in [6, 6.07) is 13.8. The highest BCUT2D eigenvalue weighted by molar-refractivity contribution is 5.94. The van der Waals surface area contributed by atoms with Crippen LogP contribution in [0, 0.1) is 5.82 Å². The molecule has 31 heavy (non-hydrogen) atoms. The summed E-state index contributed by atoms with van der Waals surface area (Å²) in [7, 11) is 3.41. The summed E-state index contributed by atoms with van der Waals surface area (Å²) in [6.07, 6.45) is 3.64. The molecule has 7 heteroatoms. The number of methoxy groups -OCH3 is 1. The summed E-state index contributed by atoms with van der Waals surface area (Å²) >= 11 is 0. The molecule has 0 heterocycles. The molecule has 0 fully saturated rings. The maximum absolute atomic E-state index is 13.3. The first kappa shape index (κ1) is 24.5. The molecule has 0 radical (unpaired) electrons. The van der Waals surface area contributed by atoms with Crippen molar-refractivity contribution in [3.8, 4) is 0 Å². The lowest BCUT2D eigenvalue weighted by Crippen LogP contribution is -2.27. The van der Waals surface area contributed by atoms with Crippen LogP contribution >= 0.6 is 0 Å². The van der Waals surface area contributed by atoms with Crippen LogP contribution in [-0.2, 0) is 9.53 Å². The lowest BCUT2D eigenvalue weighted by molar-refractivity contribution is -0.129. The summed E-state index contributed by atoms with van der Waals surface area (Å²) < 4.78 is 18.6. The first-order valence-corrected chi connectivity index (χ1v) is 10.5. The minimum absolute atomic E-state index is 0.0413. The van der Waals surface area contributed by atoms with E-state index in [-0.39, 0.29) is 23.5 Å². The summed E-state index contributed by atoms with van der Waals surface area (Å²) in [4.78, 5) is 25.3. The zero-order valence-electron chi connectivity index (χ0n) is 18.1. The standard InChI is InChI=1S/C24H31FN2O4/c1-27(16-6-4-3-5-7-23(28)26-30)24(29)20-10-8-18(9-11-20)22(17-31-2)19-12-14-21(25)15-13-19/h8-15,22,30H,3-7,16-17H2,1-2H3,(H,26,28). The van der Waals surface area contributed by atoms with Gasteiger partial charge in [-0.05, 0) is 48.2 Å². The number of hydrogen-bond donors (Lipinski definition) is 2. The van der Waals surface area contributed by atoms with Gasteiger partial charge < -0.3 is 9.64 Å². The fourth-order valence-electron chi connectivity index (χ4n) is 3.47. The molecule has 1 atom stereocenters. The van der Waals surface area contributed by atoms with Gasteiger partial charge in [0.05, 0.1) is 6.61 Å². The molecule has 1 unspecified atom stereocenters. The summed E-state index contributed by atoms with van der Waals surface area (Å²) in [6.45, 7) is 1.09. The third kappa shape index (κ3) is 7.77. The van der Waals surface area contributed by atoms with Gasteiger partial charge in [-0.2, -0.15) is 0 Å². The predicted molar refractivity (Wildman–Crippen MR) is 117 cm³/mol. The highest BCUT2D eigenvalue weighted by Crippen LogP contribution is 2.26. The van der Waals surface area contributed by atoms with Gasteiger partial charge in [0.25, 0.3) is 5.91 Å². The molecule has 2 N–H and O–H groups in total. The molecule has 2 rings (SSSR count). The molecule has 0 aliphatic carbocycles. The second-order valence-corrected chi connectivity index (χ2v) is 7.61. The van der Waals surface area contributed by atoms with Gasteiger partial charge in [-0.3, -0.25) is 14.8 Å². The second kappa shape index (κ2) is 12.8. The third-order valence-electron chi connectivity index (χ3n) is 5.28. The van der Waals surface area contributed by atoms with Gasteiger partial charge in [0.2, 0.25) is 5.91 Å². The highest BCUT2D eigenvalue weighted by atomic mass is 19.1. The van der Waals surface area contributed by atoms with Gasteiger partial charge in [0.1, 0.15) is 5.82 Å². The van der Waals surface area contributed by atoms with Crippen LogP contribution in [-0.4, -0.2) is 49.2 Å². The van der Waals surface area contributed by atoms with Gasteiger partial charge in [-0.15, -0.1) is 0 Å². The summed E-state index contributed by atoms with van der Waals surface area (Å²) in [5, 5.41) is 8.46. The molecule has 0 bridgehead atoms. The lowest BCUT2D eigenvalue weighted by atomic mass is 9.91. The van der Waals surface area contributed by atoms with E-state index in [1.54, 1.807) is 36.7 Å². The number of unbranched alkanes of at least 4 members (excludes halogenated alkanes) is 3. The Labute approximate surface area is 183 Å². The largest absolute Gasteiger partial charge is 0.384 e. The molecule has 2 aromatic carbocycles. The zero-order valence-corrected chi connectivity index (χ0v) is 18.1. The Morgan fingerprint density at radius 2 is 1.58 bits per heavy atom. The lowest BCUT2D eigenvalue weighted by Gasteiger charge is -2.19. The monoisotopic (exact) mass is 430 g/mol. The van der Waals surface area contributed by atoms with Gasteiger partial charge in [0.15, 0.2) is 0 Å². The second-order valence-electron chi connectivity index (χ2n) is 7.61. The quantitative estimate of drug-likeness (QED) is 0.301. The van der Waals surface area contributed by atoms with Crippen molar-refractivity contribution in [3.05, 3.63) is 71.0 Å². The molecule has 2 amide bonds. The molecule has 0 aliphatic rings. The molecule has 2 aromatic rings. The normalized spacial score (nSPS) is 11.7. The summed E-state index contributed by atoms with van der Waals surface area (Å²) in [5.41, 5.74) is 4.19. The molecule has 0 spiro atoms. The number of hydroxylamine groups is 1. The van der Waals surface area contributed by atoms with Crippen LogP contribution in [0.2, 0.25) is 0 Å². The van der Waals surface area contributed by atoms with Crippen molar-refractivity contribution >= 4 is 11.8 Å². The number of carbonyl (C=O) groups is 2. The maximum Gasteiger partial charge on any atom is 0.253 e. The van der Waals surface area contributed by atoms with Gasteiger partial charge >= 0.3 is 0 Å². The molecular formula is C24H31FN2O4. The molecular weight excluding hydrogens is 399 g/mol. The van der Waals surface area contributed by atoms with Crippen LogP contribution in [0.4, 0.5) is 4.39 Å². The number of nitrogens with one attached hydrogen (secondary N) is 1. The van der Waals surface area contributed by atoms with Crippen LogP contribution < -0.4 is 5.48 Å². The number of carbonyl (C=O) groups excluding carboxylic acids is 2. The number of ether oxygens (including phenoxy) is 1. The van der Waals surface area contributed by atoms with E-state index in [0.29, 0.717) is 31.6 Å². The minimum Gasteiger partial charge on any atom is -0.384 e. The number of halogens is 1. The smallest absolute Gasteiger partial charge is 0.253 e. The Balaban J connectivity index is 1.89. The first-order valence-electron chi connectivity index (χ1n) is 10.5. The van der Waals surface area contributed by atoms with Gasteiger partial charge in [0, 0.05) is 38.6 Å². The number of benzene rings is 2. The molecule has 0 aliphatic heterocycles. The van der Waals surface area contributed by atoms with Crippen LogP contribution in [0.5, 0.6) is 0 Å². The van der Waals surface area contributed by atoms with Crippen molar-refractivity contribution in [1.29, 1.82) is 0 Å². The number of nitrogens with zero attached hydrogens (tertiary/aromatic N) is 1. The molecule has 6 nitrogen and oxygen atoms in total.